The average molecular weight is 402 g/mol. The zero-order valence-corrected chi connectivity index (χ0v) is 14.7. The second-order valence-electron chi connectivity index (χ2n) is 5.21. The first-order valence-electron chi connectivity index (χ1n) is 7.06. The van der Waals surface area contributed by atoms with Gasteiger partial charge in [0.25, 0.3) is 5.95 Å². The van der Waals surface area contributed by atoms with Crippen molar-refractivity contribution in [2.24, 2.45) is 0 Å². The van der Waals surface area contributed by atoms with Crippen molar-refractivity contribution in [2.75, 3.05) is 12.0 Å². The van der Waals surface area contributed by atoms with E-state index in [1.54, 1.807) is 6.07 Å². The maximum atomic E-state index is 13.1. The minimum Gasteiger partial charge on any atom is -0.383 e. The number of hydrogen-bond donors (Lipinski definition) is 1. The van der Waals surface area contributed by atoms with Gasteiger partial charge in [0.2, 0.25) is 0 Å². The van der Waals surface area contributed by atoms with Gasteiger partial charge in [-0.05, 0) is 29.8 Å². The quantitative estimate of drug-likeness (QED) is 0.727. The van der Waals surface area contributed by atoms with Gasteiger partial charge in [0, 0.05) is 23.7 Å². The number of anilines is 1. The van der Waals surface area contributed by atoms with E-state index in [0.717, 1.165) is 16.8 Å². The van der Waals surface area contributed by atoms with Gasteiger partial charge in [-0.15, -0.1) is 0 Å². The molecule has 136 valence electrons. The summed E-state index contributed by atoms with van der Waals surface area (Å²) < 4.78 is 52.5. The van der Waals surface area contributed by atoms with E-state index >= 15 is 0 Å². The third-order valence-corrected chi connectivity index (χ3v) is 4.47. The summed E-state index contributed by atoms with van der Waals surface area (Å²) in [5.41, 5.74) is 5.27. The van der Waals surface area contributed by atoms with E-state index in [2.05, 4.69) is 15.1 Å². The van der Waals surface area contributed by atoms with E-state index < -0.39 is 22.5 Å². The normalized spacial score (nSPS) is 13.0. The van der Waals surface area contributed by atoms with Crippen LogP contribution in [0.3, 0.4) is 0 Å². The summed E-state index contributed by atoms with van der Waals surface area (Å²) in [6, 6.07) is 4.56. The van der Waals surface area contributed by atoms with Crippen molar-refractivity contribution in [2.45, 2.75) is 11.2 Å². The Bertz CT molecular complexity index is 991. The van der Waals surface area contributed by atoms with Crippen LogP contribution in [0.1, 0.15) is 5.56 Å². The Morgan fingerprint density at radius 1 is 1.19 bits per heavy atom. The van der Waals surface area contributed by atoms with Crippen molar-refractivity contribution in [3.63, 3.8) is 0 Å². The highest BCUT2D eigenvalue weighted by Gasteiger charge is 2.32. The lowest BCUT2D eigenvalue weighted by atomic mass is 10.0. The molecule has 2 aromatic heterocycles. The van der Waals surface area contributed by atoms with E-state index in [4.69, 9.17) is 17.3 Å². The summed E-state index contributed by atoms with van der Waals surface area (Å²) >= 11 is 5.85. The topological polar surface area (TPSA) is 86.7 Å². The zero-order valence-electron chi connectivity index (χ0n) is 13.2. The summed E-state index contributed by atoms with van der Waals surface area (Å²) in [4.78, 5) is 7.99. The van der Waals surface area contributed by atoms with Crippen LogP contribution in [-0.4, -0.2) is 30.2 Å². The van der Waals surface area contributed by atoms with Crippen molar-refractivity contribution >= 4 is 28.2 Å². The van der Waals surface area contributed by atoms with Gasteiger partial charge in [0.05, 0.1) is 21.9 Å². The van der Waals surface area contributed by atoms with Crippen LogP contribution >= 0.6 is 11.6 Å². The van der Waals surface area contributed by atoms with Crippen molar-refractivity contribution < 1.29 is 17.4 Å². The first-order chi connectivity index (χ1) is 12.2. The first kappa shape index (κ1) is 18.3. The molecule has 0 spiro atoms. The number of nitrogen functional groups attached to an aromatic ring is 1. The van der Waals surface area contributed by atoms with Gasteiger partial charge in [-0.3, -0.25) is 4.21 Å². The molecule has 1 atom stereocenters. The monoisotopic (exact) mass is 401 g/mol. The van der Waals surface area contributed by atoms with E-state index in [9.17, 15) is 17.4 Å². The van der Waals surface area contributed by atoms with Crippen LogP contribution in [0.5, 0.6) is 0 Å². The number of nitrogens with two attached hydrogens (primary N) is 1. The van der Waals surface area contributed by atoms with E-state index in [1.807, 2.05) is 0 Å². The number of nitrogens with zero attached hydrogens (tertiary/aromatic N) is 4. The molecule has 6 nitrogen and oxygen atoms in total. The van der Waals surface area contributed by atoms with Gasteiger partial charge in [0.15, 0.2) is 5.03 Å². The van der Waals surface area contributed by atoms with Crippen LogP contribution in [0.2, 0.25) is 5.02 Å². The Morgan fingerprint density at radius 3 is 2.42 bits per heavy atom. The maximum Gasteiger partial charge on any atom is 0.416 e. The molecular weight excluding hydrogens is 391 g/mol. The molecule has 0 aliphatic rings. The largest absolute Gasteiger partial charge is 0.416 e. The molecule has 0 radical (unpaired) electrons. The molecule has 11 heteroatoms. The zero-order chi connectivity index (χ0) is 19.1. The molecule has 0 bridgehead atoms. The number of rotatable bonds is 3. The Morgan fingerprint density at radius 2 is 1.85 bits per heavy atom. The fourth-order valence-corrected chi connectivity index (χ4v) is 3.28. The van der Waals surface area contributed by atoms with Crippen molar-refractivity contribution in [1.29, 1.82) is 0 Å². The number of hydrogen-bond acceptors (Lipinski definition) is 5. The lowest BCUT2D eigenvalue weighted by molar-refractivity contribution is -0.137. The smallest absolute Gasteiger partial charge is 0.383 e. The molecule has 3 aromatic rings. The number of benzene rings is 1. The predicted molar refractivity (Wildman–Crippen MR) is 91.3 cm³/mol. The fourth-order valence-electron chi connectivity index (χ4n) is 2.33. The van der Waals surface area contributed by atoms with Crippen molar-refractivity contribution in [1.82, 2.24) is 19.7 Å². The summed E-state index contributed by atoms with van der Waals surface area (Å²) in [7, 11) is -1.63. The molecule has 1 unspecified atom stereocenters. The summed E-state index contributed by atoms with van der Waals surface area (Å²) in [5.74, 6) is 0.0535. The lowest BCUT2D eigenvalue weighted by Crippen LogP contribution is -2.07. The average Bonchev–Trinajstić information content (AvgIpc) is 2.92. The van der Waals surface area contributed by atoms with E-state index in [1.165, 1.54) is 24.7 Å². The Hall–Kier alpha value is -2.46. The molecule has 2 heterocycles. The molecule has 3 rings (SSSR count). The molecule has 0 amide bonds. The highest BCUT2D eigenvalue weighted by Crippen LogP contribution is 2.38. The first-order valence-corrected chi connectivity index (χ1v) is 8.99. The van der Waals surface area contributed by atoms with Gasteiger partial charge < -0.3 is 5.73 Å². The van der Waals surface area contributed by atoms with E-state index in [-0.39, 0.29) is 32.9 Å². The molecule has 0 aliphatic carbocycles. The van der Waals surface area contributed by atoms with Crippen molar-refractivity contribution in [3.05, 3.63) is 47.2 Å². The highest BCUT2D eigenvalue weighted by atomic mass is 35.5. The molecule has 0 saturated carbocycles. The number of aromatic nitrogens is 4. The summed E-state index contributed by atoms with van der Waals surface area (Å²) in [5, 5.41) is 3.99. The molecule has 0 fully saturated rings. The molecule has 26 heavy (non-hydrogen) atoms. The summed E-state index contributed by atoms with van der Waals surface area (Å²) in [6.45, 7) is 0. The predicted octanol–water partition coefficient (Wildman–Crippen LogP) is 3.32. The SMILES string of the molecule is CS(=O)c1nn(-c2ncccn2)c(N)c1-c1cc(Cl)cc(C(F)(F)F)c1. The fraction of sp³-hybridized carbons (Fsp3) is 0.133. The van der Waals surface area contributed by atoms with Gasteiger partial charge >= 0.3 is 6.18 Å². The highest BCUT2D eigenvalue weighted by molar-refractivity contribution is 7.84. The van der Waals surface area contributed by atoms with Crippen LogP contribution < -0.4 is 5.73 Å². The Labute approximate surface area is 153 Å². The lowest BCUT2D eigenvalue weighted by Gasteiger charge is -2.10. The molecule has 0 aliphatic heterocycles. The van der Waals surface area contributed by atoms with Gasteiger partial charge in [-0.2, -0.15) is 23.0 Å². The molecule has 0 saturated heterocycles. The maximum absolute atomic E-state index is 13.1. The van der Waals surface area contributed by atoms with Crippen molar-refractivity contribution in [3.8, 4) is 17.1 Å². The van der Waals surface area contributed by atoms with Crippen LogP contribution in [-0.2, 0) is 17.0 Å². The number of halogens is 4. The minimum absolute atomic E-state index is 0.00495. The molecule has 2 N–H and O–H groups in total. The summed E-state index contributed by atoms with van der Waals surface area (Å²) in [6.07, 6.45) is -0.352. The van der Waals surface area contributed by atoms with Crippen LogP contribution in [0.15, 0.2) is 41.7 Å². The molecular formula is C15H11ClF3N5OS. The minimum atomic E-state index is -4.60. The second-order valence-corrected chi connectivity index (χ2v) is 6.94. The second kappa shape index (κ2) is 6.69. The van der Waals surface area contributed by atoms with Crippen LogP contribution in [0.4, 0.5) is 19.0 Å². The standard InChI is InChI=1S/C15H11ClF3N5OS/c1-26(25)13-11(8-5-9(15(17,18)19)7-10(16)6-8)12(20)24(23-13)14-21-3-2-4-22-14/h2-7H,20H2,1H3. The Kier molecular flexibility index (Phi) is 4.72. The molecule has 1 aromatic carbocycles. The van der Waals surface area contributed by atoms with Gasteiger partial charge in [0.1, 0.15) is 5.82 Å². The van der Waals surface area contributed by atoms with E-state index in [0.29, 0.717) is 0 Å². The number of alkyl halides is 3. The third kappa shape index (κ3) is 3.42. The Balaban J connectivity index is 2.27. The van der Waals surface area contributed by atoms with Crippen LogP contribution in [0, 0.1) is 0 Å². The van der Waals surface area contributed by atoms with Gasteiger partial charge in [-0.1, -0.05) is 11.6 Å². The van der Waals surface area contributed by atoms with Gasteiger partial charge in [-0.25, -0.2) is 9.97 Å². The van der Waals surface area contributed by atoms with Crippen LogP contribution in [0.25, 0.3) is 17.1 Å². The third-order valence-electron chi connectivity index (χ3n) is 3.42.